The summed E-state index contributed by atoms with van der Waals surface area (Å²) in [7, 11) is -3.85. The molecule has 38 heavy (non-hydrogen) atoms. The van der Waals surface area contributed by atoms with E-state index in [1.807, 2.05) is 24.3 Å². The maximum absolute atomic E-state index is 15.3. The summed E-state index contributed by atoms with van der Waals surface area (Å²) in [6.07, 6.45) is 3.32. The molecule has 1 aliphatic rings. The molecule has 0 atom stereocenters. The number of anilines is 2. The second-order valence-corrected chi connectivity index (χ2v) is 10.8. The van der Waals surface area contributed by atoms with E-state index in [-0.39, 0.29) is 11.3 Å². The van der Waals surface area contributed by atoms with Gasteiger partial charge in [-0.2, -0.15) is 0 Å². The molecule has 0 bridgehead atoms. The molecule has 2 aromatic heterocycles. The predicted molar refractivity (Wildman–Crippen MR) is 142 cm³/mol. The molecule has 0 saturated carbocycles. The predicted octanol–water partition coefficient (Wildman–Crippen LogP) is 4.73. The molecule has 0 aliphatic carbocycles. The Morgan fingerprint density at radius 3 is 2.68 bits per heavy atom. The second-order valence-electron chi connectivity index (χ2n) is 9.01. The molecule has 3 heterocycles. The SMILES string of the molecule is CCCS(=O)(=O)Nc1ccc(F)c(C(=O)c2c[nH]c3ncc(-c4cccc(N5CCOCC5)c4)cc23)c1F. The Kier molecular flexibility index (Phi) is 7.13. The highest BCUT2D eigenvalue weighted by Crippen LogP contribution is 2.31. The van der Waals surface area contributed by atoms with Crippen molar-refractivity contribution in [3.8, 4) is 11.1 Å². The molecule has 2 N–H and O–H groups in total. The molecule has 2 aromatic carbocycles. The number of benzene rings is 2. The number of fused-ring (bicyclic) bond motifs is 1. The molecule has 1 fully saturated rings. The third-order valence-electron chi connectivity index (χ3n) is 6.39. The first kappa shape index (κ1) is 25.8. The molecule has 198 valence electrons. The van der Waals surface area contributed by atoms with Gasteiger partial charge in [-0.1, -0.05) is 19.1 Å². The zero-order chi connectivity index (χ0) is 26.9. The van der Waals surface area contributed by atoms with Crippen LogP contribution in [0.15, 0.2) is 54.9 Å². The Morgan fingerprint density at radius 1 is 1.13 bits per heavy atom. The molecule has 0 amide bonds. The van der Waals surface area contributed by atoms with Crippen molar-refractivity contribution in [3.63, 3.8) is 0 Å². The van der Waals surface area contributed by atoms with Gasteiger partial charge in [0.1, 0.15) is 11.5 Å². The zero-order valence-electron chi connectivity index (χ0n) is 20.6. The third kappa shape index (κ3) is 5.11. The van der Waals surface area contributed by atoms with Crippen LogP contribution in [0.1, 0.15) is 29.3 Å². The summed E-state index contributed by atoms with van der Waals surface area (Å²) in [4.78, 5) is 22.9. The second kappa shape index (κ2) is 10.5. The van der Waals surface area contributed by atoms with E-state index in [0.717, 1.165) is 42.0 Å². The van der Waals surface area contributed by atoms with Crippen LogP contribution in [0.4, 0.5) is 20.2 Å². The number of carbonyl (C=O) groups excluding carboxylic acids is 1. The van der Waals surface area contributed by atoms with E-state index in [1.165, 1.54) is 6.20 Å². The van der Waals surface area contributed by atoms with Gasteiger partial charge in [0.05, 0.1) is 30.2 Å². The van der Waals surface area contributed by atoms with Crippen LogP contribution in [0.5, 0.6) is 0 Å². The molecule has 1 aliphatic heterocycles. The van der Waals surface area contributed by atoms with Crippen LogP contribution in [0.2, 0.25) is 0 Å². The zero-order valence-corrected chi connectivity index (χ0v) is 21.4. The molecule has 5 rings (SSSR count). The molecular weight excluding hydrogens is 514 g/mol. The number of ether oxygens (including phenoxy) is 1. The summed E-state index contributed by atoms with van der Waals surface area (Å²) in [5, 5.41) is 0.389. The molecular formula is C27H26F2N4O4S. The summed E-state index contributed by atoms with van der Waals surface area (Å²) < 4.78 is 61.8. The highest BCUT2D eigenvalue weighted by atomic mass is 32.2. The van der Waals surface area contributed by atoms with Gasteiger partial charge in [0.15, 0.2) is 5.82 Å². The van der Waals surface area contributed by atoms with Gasteiger partial charge in [-0.15, -0.1) is 0 Å². The van der Waals surface area contributed by atoms with Crippen LogP contribution in [0, 0.1) is 11.6 Å². The summed E-state index contributed by atoms with van der Waals surface area (Å²) in [6, 6.07) is 11.5. The number of nitrogens with one attached hydrogen (secondary N) is 2. The van der Waals surface area contributed by atoms with Crippen molar-refractivity contribution in [2.24, 2.45) is 0 Å². The van der Waals surface area contributed by atoms with Crippen LogP contribution < -0.4 is 9.62 Å². The molecule has 1 saturated heterocycles. The standard InChI is InChI=1S/C27H26F2N4O4S/c1-2-12-38(35,36)32-23-7-6-22(28)24(25(23)29)26(34)21-16-31-27-20(21)14-18(15-30-27)17-4-3-5-19(13-17)33-8-10-37-11-9-33/h3-7,13-16,32H,2,8-12H2,1H3,(H,30,31). The number of pyridine rings is 1. The minimum absolute atomic E-state index is 0.0186. The largest absolute Gasteiger partial charge is 0.378 e. The highest BCUT2D eigenvalue weighted by Gasteiger charge is 2.26. The summed E-state index contributed by atoms with van der Waals surface area (Å²) >= 11 is 0. The third-order valence-corrected chi connectivity index (χ3v) is 7.86. The lowest BCUT2D eigenvalue weighted by Gasteiger charge is -2.29. The minimum Gasteiger partial charge on any atom is -0.378 e. The number of nitrogens with zero attached hydrogens (tertiary/aromatic N) is 2. The number of ketones is 1. The lowest BCUT2D eigenvalue weighted by Crippen LogP contribution is -2.36. The van der Waals surface area contributed by atoms with Crippen LogP contribution >= 0.6 is 0 Å². The Morgan fingerprint density at radius 2 is 1.92 bits per heavy atom. The van der Waals surface area contributed by atoms with Crippen molar-refractivity contribution >= 4 is 38.2 Å². The molecule has 8 nitrogen and oxygen atoms in total. The minimum atomic E-state index is -3.85. The Hall–Kier alpha value is -3.83. The average molecular weight is 541 g/mol. The number of H-pyrrole nitrogens is 1. The van der Waals surface area contributed by atoms with Gasteiger partial charge in [0, 0.05) is 47.7 Å². The Labute approximate surface area is 218 Å². The number of morpholine rings is 1. The summed E-state index contributed by atoms with van der Waals surface area (Å²) in [5.41, 5.74) is 1.69. The average Bonchev–Trinajstić information content (AvgIpc) is 3.34. The van der Waals surface area contributed by atoms with Gasteiger partial charge in [-0.25, -0.2) is 22.2 Å². The fourth-order valence-corrected chi connectivity index (χ4v) is 5.65. The molecule has 0 unspecified atom stereocenters. The number of aromatic amines is 1. The highest BCUT2D eigenvalue weighted by molar-refractivity contribution is 7.92. The Balaban J connectivity index is 1.51. The monoisotopic (exact) mass is 540 g/mol. The van der Waals surface area contributed by atoms with Gasteiger partial charge < -0.3 is 14.6 Å². The molecule has 0 spiro atoms. The number of halogens is 2. The van der Waals surface area contributed by atoms with Gasteiger partial charge in [0.25, 0.3) is 0 Å². The van der Waals surface area contributed by atoms with Gasteiger partial charge >= 0.3 is 0 Å². The van der Waals surface area contributed by atoms with E-state index < -0.39 is 38.7 Å². The molecule has 4 aromatic rings. The van der Waals surface area contributed by atoms with E-state index in [2.05, 4.69) is 19.6 Å². The number of aromatic nitrogens is 2. The van der Waals surface area contributed by atoms with E-state index in [9.17, 15) is 17.6 Å². The number of carbonyl (C=O) groups is 1. The maximum Gasteiger partial charge on any atom is 0.232 e. The first-order valence-electron chi connectivity index (χ1n) is 12.2. The smallest absolute Gasteiger partial charge is 0.232 e. The van der Waals surface area contributed by atoms with Gasteiger partial charge in [-0.3, -0.25) is 9.52 Å². The van der Waals surface area contributed by atoms with E-state index in [4.69, 9.17) is 4.74 Å². The van der Waals surface area contributed by atoms with Crippen LogP contribution in [0.25, 0.3) is 22.2 Å². The van der Waals surface area contributed by atoms with Crippen molar-refractivity contribution < 1.29 is 26.7 Å². The van der Waals surface area contributed by atoms with Crippen molar-refractivity contribution in [3.05, 3.63) is 77.6 Å². The van der Waals surface area contributed by atoms with Crippen LogP contribution in [-0.4, -0.2) is 56.2 Å². The van der Waals surface area contributed by atoms with Crippen molar-refractivity contribution in [2.45, 2.75) is 13.3 Å². The fraction of sp³-hybridized carbons (Fsp3) is 0.259. The number of hydrogen-bond acceptors (Lipinski definition) is 6. The summed E-state index contributed by atoms with van der Waals surface area (Å²) in [5.74, 6) is -3.53. The maximum atomic E-state index is 15.3. The van der Waals surface area contributed by atoms with Gasteiger partial charge in [-0.05, 0) is 42.3 Å². The summed E-state index contributed by atoms with van der Waals surface area (Å²) in [6.45, 7) is 4.53. The number of rotatable bonds is 8. The van der Waals surface area contributed by atoms with Gasteiger partial charge in [0.2, 0.25) is 15.8 Å². The van der Waals surface area contributed by atoms with Crippen molar-refractivity contribution in [1.82, 2.24) is 9.97 Å². The van der Waals surface area contributed by atoms with Crippen molar-refractivity contribution in [1.29, 1.82) is 0 Å². The molecule has 0 radical (unpaired) electrons. The number of sulfonamides is 1. The first-order valence-corrected chi connectivity index (χ1v) is 13.9. The topological polar surface area (TPSA) is 104 Å². The van der Waals surface area contributed by atoms with Crippen molar-refractivity contribution in [2.75, 3.05) is 41.7 Å². The van der Waals surface area contributed by atoms with Crippen LogP contribution in [0.3, 0.4) is 0 Å². The Bertz CT molecular complexity index is 1610. The fourth-order valence-electron chi connectivity index (χ4n) is 4.51. The van der Waals surface area contributed by atoms with E-state index >= 15 is 4.39 Å². The lowest BCUT2D eigenvalue weighted by molar-refractivity contribution is 0.103. The normalized spacial score (nSPS) is 14.1. The quantitative estimate of drug-likeness (QED) is 0.313. The van der Waals surface area contributed by atoms with Crippen LogP contribution in [-0.2, 0) is 14.8 Å². The number of hydrogen-bond donors (Lipinski definition) is 2. The first-order chi connectivity index (χ1) is 18.3. The lowest BCUT2D eigenvalue weighted by atomic mass is 9.99. The van der Waals surface area contributed by atoms with E-state index in [0.29, 0.717) is 30.7 Å². The molecule has 11 heteroatoms. The van der Waals surface area contributed by atoms with E-state index in [1.54, 1.807) is 19.2 Å².